The standard InChI is InChI=1S/C15H15Br2FN2/c1-9-4-11(6-12(16)5-9)15(20-19)8-10-7-13(18)2-3-14(10)17/h2-7,15,20H,8,19H2,1H3. The summed E-state index contributed by atoms with van der Waals surface area (Å²) in [4.78, 5) is 0. The van der Waals surface area contributed by atoms with Crippen LogP contribution in [-0.4, -0.2) is 0 Å². The lowest BCUT2D eigenvalue weighted by molar-refractivity contribution is 0.547. The first-order valence-corrected chi connectivity index (χ1v) is 7.75. The van der Waals surface area contributed by atoms with Crippen molar-refractivity contribution in [1.82, 2.24) is 5.43 Å². The van der Waals surface area contributed by atoms with Gasteiger partial charge >= 0.3 is 0 Å². The van der Waals surface area contributed by atoms with Crippen molar-refractivity contribution in [2.45, 2.75) is 19.4 Å². The molecule has 3 N–H and O–H groups in total. The van der Waals surface area contributed by atoms with E-state index in [0.717, 1.165) is 25.6 Å². The molecule has 0 radical (unpaired) electrons. The van der Waals surface area contributed by atoms with Crippen LogP contribution in [0.15, 0.2) is 45.3 Å². The number of hydrogen-bond acceptors (Lipinski definition) is 2. The summed E-state index contributed by atoms with van der Waals surface area (Å²) in [5.41, 5.74) is 5.90. The van der Waals surface area contributed by atoms with Crippen LogP contribution in [0.25, 0.3) is 0 Å². The first-order valence-electron chi connectivity index (χ1n) is 6.16. The van der Waals surface area contributed by atoms with Gasteiger partial charge in [0.05, 0.1) is 6.04 Å². The van der Waals surface area contributed by atoms with E-state index in [1.807, 2.05) is 19.1 Å². The highest BCUT2D eigenvalue weighted by atomic mass is 79.9. The summed E-state index contributed by atoms with van der Waals surface area (Å²) in [7, 11) is 0. The Morgan fingerprint density at radius 3 is 2.60 bits per heavy atom. The van der Waals surface area contributed by atoms with Crippen LogP contribution in [0.3, 0.4) is 0 Å². The summed E-state index contributed by atoms with van der Waals surface area (Å²) in [5.74, 6) is 5.42. The highest BCUT2D eigenvalue weighted by Crippen LogP contribution is 2.26. The van der Waals surface area contributed by atoms with E-state index >= 15 is 0 Å². The topological polar surface area (TPSA) is 38.0 Å². The van der Waals surface area contributed by atoms with Crippen molar-refractivity contribution < 1.29 is 4.39 Å². The Bertz CT molecular complexity index is 597. The Labute approximate surface area is 134 Å². The molecule has 2 aromatic carbocycles. The van der Waals surface area contributed by atoms with Gasteiger partial charge in [-0.3, -0.25) is 11.3 Å². The van der Waals surface area contributed by atoms with Crippen LogP contribution in [0.4, 0.5) is 4.39 Å². The van der Waals surface area contributed by atoms with Gasteiger partial charge in [0.1, 0.15) is 5.82 Å². The molecule has 0 fully saturated rings. The molecule has 0 aliphatic carbocycles. The van der Waals surface area contributed by atoms with E-state index in [1.165, 1.54) is 12.1 Å². The number of halogens is 3. The van der Waals surface area contributed by atoms with Crippen molar-refractivity contribution in [3.05, 3.63) is 67.9 Å². The Hall–Kier alpha value is -0.750. The van der Waals surface area contributed by atoms with Crippen LogP contribution in [0.1, 0.15) is 22.7 Å². The zero-order chi connectivity index (χ0) is 14.7. The van der Waals surface area contributed by atoms with Gasteiger partial charge in [0.2, 0.25) is 0 Å². The molecule has 0 bridgehead atoms. The third-order valence-electron chi connectivity index (χ3n) is 3.10. The molecule has 20 heavy (non-hydrogen) atoms. The molecule has 0 aliphatic rings. The van der Waals surface area contributed by atoms with Crippen LogP contribution >= 0.6 is 31.9 Å². The summed E-state index contributed by atoms with van der Waals surface area (Å²) in [6.45, 7) is 2.03. The Morgan fingerprint density at radius 1 is 1.20 bits per heavy atom. The highest BCUT2D eigenvalue weighted by molar-refractivity contribution is 9.10. The molecule has 1 unspecified atom stereocenters. The molecular weight excluding hydrogens is 387 g/mol. The lowest BCUT2D eigenvalue weighted by Crippen LogP contribution is -2.29. The van der Waals surface area contributed by atoms with E-state index in [4.69, 9.17) is 5.84 Å². The average molecular weight is 402 g/mol. The molecule has 2 rings (SSSR count). The molecule has 0 amide bonds. The predicted molar refractivity (Wildman–Crippen MR) is 86.7 cm³/mol. The molecule has 0 aromatic heterocycles. The van der Waals surface area contributed by atoms with Crippen molar-refractivity contribution in [3.8, 4) is 0 Å². The maximum atomic E-state index is 13.4. The minimum Gasteiger partial charge on any atom is -0.271 e. The summed E-state index contributed by atoms with van der Waals surface area (Å²) in [6, 6.07) is 10.7. The van der Waals surface area contributed by atoms with E-state index in [1.54, 1.807) is 6.07 Å². The molecule has 0 spiro atoms. The molecule has 106 valence electrons. The summed E-state index contributed by atoms with van der Waals surface area (Å²) in [5, 5.41) is 0. The van der Waals surface area contributed by atoms with Crippen LogP contribution in [0, 0.1) is 12.7 Å². The van der Waals surface area contributed by atoms with Crippen LogP contribution < -0.4 is 11.3 Å². The zero-order valence-corrected chi connectivity index (χ0v) is 14.1. The quantitative estimate of drug-likeness (QED) is 0.588. The largest absolute Gasteiger partial charge is 0.271 e. The average Bonchev–Trinajstić information content (AvgIpc) is 2.38. The molecule has 0 saturated carbocycles. The SMILES string of the molecule is Cc1cc(Br)cc(C(Cc2cc(F)ccc2Br)NN)c1. The normalized spacial score (nSPS) is 12.4. The van der Waals surface area contributed by atoms with E-state index in [0.29, 0.717) is 6.42 Å². The van der Waals surface area contributed by atoms with Gasteiger partial charge in [-0.05, 0) is 60.4 Å². The van der Waals surface area contributed by atoms with Gasteiger partial charge in [-0.1, -0.05) is 37.9 Å². The predicted octanol–water partition coefficient (Wildman–Crippen LogP) is 4.41. The molecule has 0 heterocycles. The fourth-order valence-corrected chi connectivity index (χ4v) is 3.19. The number of hydrogen-bond donors (Lipinski definition) is 2. The molecule has 0 aliphatic heterocycles. The second kappa shape index (κ2) is 6.80. The Balaban J connectivity index is 2.30. The fourth-order valence-electron chi connectivity index (χ4n) is 2.16. The van der Waals surface area contributed by atoms with Crippen LogP contribution in [-0.2, 0) is 6.42 Å². The lowest BCUT2D eigenvalue weighted by Gasteiger charge is -2.18. The van der Waals surface area contributed by atoms with E-state index < -0.39 is 0 Å². The van der Waals surface area contributed by atoms with Crippen molar-refractivity contribution in [3.63, 3.8) is 0 Å². The second-order valence-electron chi connectivity index (χ2n) is 4.72. The lowest BCUT2D eigenvalue weighted by atomic mass is 9.98. The molecule has 2 nitrogen and oxygen atoms in total. The smallest absolute Gasteiger partial charge is 0.123 e. The maximum Gasteiger partial charge on any atom is 0.123 e. The minimum atomic E-state index is -0.246. The third-order valence-corrected chi connectivity index (χ3v) is 4.33. The number of rotatable bonds is 4. The second-order valence-corrected chi connectivity index (χ2v) is 6.49. The monoisotopic (exact) mass is 400 g/mol. The Kier molecular flexibility index (Phi) is 5.32. The molecular formula is C15H15Br2FN2. The number of aryl methyl sites for hydroxylation is 1. The van der Waals surface area contributed by atoms with Crippen LogP contribution in [0.2, 0.25) is 0 Å². The van der Waals surface area contributed by atoms with Crippen LogP contribution in [0.5, 0.6) is 0 Å². The Morgan fingerprint density at radius 2 is 1.95 bits per heavy atom. The number of nitrogens with two attached hydrogens (primary N) is 1. The van der Waals surface area contributed by atoms with Gasteiger partial charge in [0, 0.05) is 8.95 Å². The van der Waals surface area contributed by atoms with Crippen molar-refractivity contribution in [1.29, 1.82) is 0 Å². The highest BCUT2D eigenvalue weighted by Gasteiger charge is 2.14. The van der Waals surface area contributed by atoms with Gasteiger partial charge in [-0.25, -0.2) is 4.39 Å². The molecule has 0 saturated heterocycles. The minimum absolute atomic E-state index is 0.0794. The molecule has 1 atom stereocenters. The zero-order valence-electron chi connectivity index (χ0n) is 11.0. The molecule has 5 heteroatoms. The summed E-state index contributed by atoms with van der Waals surface area (Å²) in [6.07, 6.45) is 0.602. The maximum absolute atomic E-state index is 13.4. The summed E-state index contributed by atoms with van der Waals surface area (Å²) >= 11 is 6.93. The van der Waals surface area contributed by atoms with Crippen molar-refractivity contribution in [2.24, 2.45) is 5.84 Å². The first-order chi connectivity index (χ1) is 9.49. The van der Waals surface area contributed by atoms with E-state index in [2.05, 4.69) is 43.4 Å². The fraction of sp³-hybridized carbons (Fsp3) is 0.200. The van der Waals surface area contributed by atoms with Gasteiger partial charge in [-0.2, -0.15) is 0 Å². The first kappa shape index (κ1) is 15.6. The van der Waals surface area contributed by atoms with Gasteiger partial charge < -0.3 is 0 Å². The van der Waals surface area contributed by atoms with Gasteiger partial charge in [0.25, 0.3) is 0 Å². The summed E-state index contributed by atoms with van der Waals surface area (Å²) < 4.78 is 15.2. The number of nitrogens with one attached hydrogen (secondary N) is 1. The third kappa shape index (κ3) is 3.88. The van der Waals surface area contributed by atoms with Crippen molar-refractivity contribution >= 4 is 31.9 Å². The van der Waals surface area contributed by atoms with Gasteiger partial charge in [0.15, 0.2) is 0 Å². The number of benzene rings is 2. The van der Waals surface area contributed by atoms with E-state index in [9.17, 15) is 4.39 Å². The molecule has 2 aromatic rings. The van der Waals surface area contributed by atoms with Crippen molar-refractivity contribution in [2.75, 3.05) is 0 Å². The number of hydrazine groups is 1. The van der Waals surface area contributed by atoms with E-state index in [-0.39, 0.29) is 11.9 Å². The van der Waals surface area contributed by atoms with Gasteiger partial charge in [-0.15, -0.1) is 0 Å².